The fourth-order valence-corrected chi connectivity index (χ4v) is 0.206. The van der Waals surface area contributed by atoms with E-state index >= 15 is 0 Å². The van der Waals surface area contributed by atoms with E-state index in [1.54, 1.807) is 0 Å². The molecule has 4 heteroatoms. The first-order valence-electron chi connectivity index (χ1n) is 1.68. The van der Waals surface area contributed by atoms with Crippen LogP contribution in [0.2, 0.25) is 0 Å². The molecule has 0 saturated heterocycles. The maximum absolute atomic E-state index is 9.95. The van der Waals surface area contributed by atoms with E-state index in [2.05, 4.69) is 5.32 Å². The molecular weight excluding hydrogens is 117 g/mol. The standard InChI is InChI=1S/C3H5ClNO2/c4-1-3(7)5-2-6/h6H,1-2H2. The molecule has 0 fully saturated rings. The van der Waals surface area contributed by atoms with Crippen molar-refractivity contribution in [1.82, 2.24) is 5.32 Å². The second-order valence-electron chi connectivity index (χ2n) is 0.827. The number of hydrogen-bond donors (Lipinski definition) is 1. The zero-order valence-electron chi connectivity index (χ0n) is 3.59. The average molecular weight is 123 g/mol. The van der Waals surface area contributed by atoms with Crippen LogP contribution in [0.4, 0.5) is 0 Å². The number of alkyl halides is 1. The molecule has 0 aliphatic heterocycles. The summed E-state index contributed by atoms with van der Waals surface area (Å²) < 4.78 is 0. The van der Waals surface area contributed by atoms with E-state index in [0.717, 1.165) is 0 Å². The Labute approximate surface area is 46.3 Å². The molecule has 0 atom stereocenters. The summed E-state index contributed by atoms with van der Waals surface area (Å²) in [5.74, 6) is -0.634. The van der Waals surface area contributed by atoms with Crippen molar-refractivity contribution in [3.63, 3.8) is 0 Å². The van der Waals surface area contributed by atoms with Crippen LogP contribution in [0.25, 0.3) is 0 Å². The highest BCUT2D eigenvalue weighted by molar-refractivity contribution is 6.27. The molecule has 0 spiro atoms. The molecule has 0 bridgehead atoms. The van der Waals surface area contributed by atoms with Crippen LogP contribution in [0.15, 0.2) is 0 Å². The number of rotatable bonds is 2. The lowest BCUT2D eigenvalue weighted by Gasteiger charge is -1.87. The molecular formula is C3H5ClNO2. The monoisotopic (exact) mass is 122 g/mol. The molecule has 1 N–H and O–H groups in total. The fourth-order valence-electron chi connectivity index (χ4n) is 0.121. The van der Waals surface area contributed by atoms with Crippen LogP contribution in [0.3, 0.4) is 0 Å². The number of halogens is 1. The molecule has 0 aliphatic rings. The molecule has 0 rings (SSSR count). The molecule has 0 aliphatic carbocycles. The third-order valence-electron chi connectivity index (χ3n) is 0.361. The van der Waals surface area contributed by atoms with E-state index in [9.17, 15) is 4.79 Å². The summed E-state index contributed by atoms with van der Waals surface area (Å²) in [4.78, 5) is 9.95. The van der Waals surface area contributed by atoms with Crippen LogP contribution in [0, 0.1) is 0 Å². The Hall–Kier alpha value is -0.280. The number of hydrogen-bond acceptors (Lipinski definition) is 2. The SMILES string of the molecule is O=C(CCl)[N]CO. The van der Waals surface area contributed by atoms with Crippen molar-refractivity contribution in [3.8, 4) is 0 Å². The molecule has 0 saturated carbocycles. The first-order chi connectivity index (χ1) is 3.31. The lowest BCUT2D eigenvalue weighted by atomic mass is 10.7. The zero-order chi connectivity index (χ0) is 5.70. The van der Waals surface area contributed by atoms with Crippen molar-refractivity contribution in [2.24, 2.45) is 0 Å². The number of carbonyl (C=O) groups excluding carboxylic acids is 1. The van der Waals surface area contributed by atoms with Crippen molar-refractivity contribution in [2.45, 2.75) is 0 Å². The van der Waals surface area contributed by atoms with E-state index in [1.165, 1.54) is 0 Å². The topological polar surface area (TPSA) is 51.4 Å². The number of aliphatic hydroxyl groups excluding tert-OH is 1. The van der Waals surface area contributed by atoms with Gasteiger partial charge < -0.3 is 5.11 Å². The molecule has 0 heterocycles. The van der Waals surface area contributed by atoms with E-state index in [4.69, 9.17) is 16.7 Å². The van der Waals surface area contributed by atoms with Gasteiger partial charge in [-0.05, 0) is 0 Å². The number of aliphatic hydroxyl groups is 1. The molecule has 7 heavy (non-hydrogen) atoms. The van der Waals surface area contributed by atoms with Gasteiger partial charge in [0.1, 0.15) is 12.6 Å². The minimum Gasteiger partial charge on any atom is -0.374 e. The number of amides is 1. The first kappa shape index (κ1) is 6.72. The van der Waals surface area contributed by atoms with E-state index in [0.29, 0.717) is 0 Å². The highest BCUT2D eigenvalue weighted by atomic mass is 35.5. The van der Waals surface area contributed by atoms with Gasteiger partial charge in [-0.25, -0.2) is 5.32 Å². The summed E-state index contributed by atoms with van der Waals surface area (Å²) in [6, 6.07) is 0. The van der Waals surface area contributed by atoms with Gasteiger partial charge in [-0.15, -0.1) is 11.6 Å². The molecule has 41 valence electrons. The zero-order valence-corrected chi connectivity index (χ0v) is 4.35. The predicted molar refractivity (Wildman–Crippen MR) is 24.9 cm³/mol. The molecule has 3 nitrogen and oxygen atoms in total. The van der Waals surface area contributed by atoms with Crippen LogP contribution >= 0.6 is 11.6 Å². The Morgan fingerprint density at radius 1 is 1.86 bits per heavy atom. The van der Waals surface area contributed by atoms with Crippen LogP contribution < -0.4 is 5.32 Å². The van der Waals surface area contributed by atoms with Crippen LogP contribution in [-0.4, -0.2) is 23.6 Å². The third-order valence-corrected chi connectivity index (χ3v) is 0.590. The van der Waals surface area contributed by atoms with Crippen LogP contribution in [0.5, 0.6) is 0 Å². The van der Waals surface area contributed by atoms with Crippen LogP contribution in [-0.2, 0) is 4.79 Å². The number of carbonyl (C=O) groups is 1. The molecule has 0 aromatic carbocycles. The fraction of sp³-hybridized carbons (Fsp3) is 0.667. The van der Waals surface area contributed by atoms with Gasteiger partial charge in [0, 0.05) is 0 Å². The molecule has 0 aromatic heterocycles. The van der Waals surface area contributed by atoms with Gasteiger partial charge in [0.15, 0.2) is 0 Å². The minimum atomic E-state index is -0.482. The maximum Gasteiger partial charge on any atom is 0.258 e. The Bertz CT molecular complexity index is 66.0. The molecule has 0 unspecified atom stereocenters. The van der Waals surface area contributed by atoms with Crippen molar-refractivity contribution in [3.05, 3.63) is 0 Å². The summed E-state index contributed by atoms with van der Waals surface area (Å²) in [6.07, 6.45) is 0. The van der Waals surface area contributed by atoms with Crippen molar-refractivity contribution in [1.29, 1.82) is 0 Å². The van der Waals surface area contributed by atoms with Crippen molar-refractivity contribution >= 4 is 17.5 Å². The highest BCUT2D eigenvalue weighted by Gasteiger charge is 1.94. The second-order valence-corrected chi connectivity index (χ2v) is 1.09. The summed E-state index contributed by atoms with van der Waals surface area (Å²) in [5, 5.41) is 10.9. The lowest BCUT2D eigenvalue weighted by molar-refractivity contribution is -0.120. The molecule has 1 radical (unpaired) electrons. The normalized spacial score (nSPS) is 8.29. The number of nitrogens with zero attached hydrogens (tertiary/aromatic N) is 1. The van der Waals surface area contributed by atoms with Gasteiger partial charge in [-0.2, -0.15) is 0 Å². The molecule has 1 amide bonds. The Balaban J connectivity index is 3.00. The second kappa shape index (κ2) is 3.89. The van der Waals surface area contributed by atoms with E-state index in [-0.39, 0.29) is 5.88 Å². The van der Waals surface area contributed by atoms with Gasteiger partial charge in [-0.3, -0.25) is 4.79 Å². The Morgan fingerprint density at radius 3 is 2.57 bits per heavy atom. The van der Waals surface area contributed by atoms with Crippen molar-refractivity contribution in [2.75, 3.05) is 12.6 Å². The maximum atomic E-state index is 9.95. The van der Waals surface area contributed by atoms with Gasteiger partial charge >= 0.3 is 0 Å². The summed E-state index contributed by atoms with van der Waals surface area (Å²) in [5.41, 5.74) is 0. The Morgan fingerprint density at radius 2 is 2.43 bits per heavy atom. The first-order valence-corrected chi connectivity index (χ1v) is 2.22. The van der Waals surface area contributed by atoms with Crippen molar-refractivity contribution < 1.29 is 9.90 Å². The smallest absolute Gasteiger partial charge is 0.258 e. The van der Waals surface area contributed by atoms with Gasteiger partial charge in [0.2, 0.25) is 0 Å². The van der Waals surface area contributed by atoms with E-state index < -0.39 is 12.6 Å². The summed E-state index contributed by atoms with van der Waals surface area (Å²) in [6.45, 7) is -0.467. The van der Waals surface area contributed by atoms with Crippen LogP contribution in [0.1, 0.15) is 0 Å². The average Bonchev–Trinajstić information content (AvgIpc) is 1.68. The minimum absolute atomic E-state index is 0.152. The lowest BCUT2D eigenvalue weighted by Crippen LogP contribution is -2.16. The van der Waals surface area contributed by atoms with Gasteiger partial charge in [0.05, 0.1) is 0 Å². The summed E-state index contributed by atoms with van der Waals surface area (Å²) in [7, 11) is 0. The van der Waals surface area contributed by atoms with E-state index in [1.807, 2.05) is 0 Å². The highest BCUT2D eigenvalue weighted by Crippen LogP contribution is 1.72. The molecule has 0 aromatic rings. The predicted octanol–water partition coefficient (Wildman–Crippen LogP) is -0.694. The Kier molecular flexibility index (Phi) is 3.74. The largest absolute Gasteiger partial charge is 0.374 e. The third kappa shape index (κ3) is 3.55. The van der Waals surface area contributed by atoms with Gasteiger partial charge in [-0.1, -0.05) is 0 Å². The summed E-state index contributed by atoms with van der Waals surface area (Å²) >= 11 is 4.98. The van der Waals surface area contributed by atoms with Gasteiger partial charge in [0.25, 0.3) is 5.91 Å². The quantitative estimate of drug-likeness (QED) is 0.493.